The van der Waals surface area contributed by atoms with Crippen molar-refractivity contribution in [2.45, 2.75) is 31.3 Å². The highest BCUT2D eigenvalue weighted by atomic mass is 79.9. The summed E-state index contributed by atoms with van der Waals surface area (Å²) in [6.45, 7) is 3.96. The number of hydrogen-bond donors (Lipinski definition) is 1. The number of hydrogen-bond acceptors (Lipinski definition) is 7. The number of alkyl halides is 3. The number of anilines is 2. The monoisotopic (exact) mass is 547 g/mol. The zero-order valence-corrected chi connectivity index (χ0v) is 20.2. The van der Waals surface area contributed by atoms with Crippen molar-refractivity contribution in [2.24, 2.45) is 10.2 Å². The van der Waals surface area contributed by atoms with E-state index >= 15 is 0 Å². The van der Waals surface area contributed by atoms with E-state index in [9.17, 15) is 21.6 Å². The van der Waals surface area contributed by atoms with Gasteiger partial charge in [-0.05, 0) is 56.2 Å². The Morgan fingerprint density at radius 1 is 1.22 bits per heavy atom. The van der Waals surface area contributed by atoms with E-state index in [-0.39, 0.29) is 16.9 Å². The van der Waals surface area contributed by atoms with Crippen LogP contribution in [0.25, 0.3) is 10.2 Å². The van der Waals surface area contributed by atoms with Crippen LogP contribution in [-0.2, 0) is 16.4 Å². The topological polar surface area (TPSA) is 87.0 Å². The molecule has 1 aromatic heterocycles. The molecule has 0 atom stereocenters. The quantitative estimate of drug-likeness (QED) is 0.377. The number of likely N-dealkylation sites (N-methyl/N-ethyl adjacent to an activating group) is 1. The van der Waals surface area contributed by atoms with Gasteiger partial charge in [0.15, 0.2) is 0 Å². The number of nitrogens with zero attached hydrogens (tertiary/aromatic N) is 4. The molecule has 0 amide bonds. The molecule has 0 saturated carbocycles. The molecule has 1 N–H and O–H groups in total. The third kappa shape index (κ3) is 4.20. The molecule has 0 fully saturated rings. The molecule has 0 spiro atoms. The third-order valence-corrected chi connectivity index (χ3v) is 7.71. The SMILES string of the molecule is CN1c2cc(NS(=O)(=O)C(F)(F)F)c(N=Nc3nc4ccc(Br)cc4s3)cc2CC1(C)C. The molecule has 7 nitrogen and oxygen atoms in total. The Hall–Kier alpha value is -2.25. The molecule has 1 aliphatic heterocycles. The normalized spacial score (nSPS) is 16.2. The van der Waals surface area contributed by atoms with E-state index in [1.54, 1.807) is 23.9 Å². The standard InChI is InChI=1S/C19H17BrF3N5O2S2/c1-18(2)9-10-6-13(25-26-17-24-12-5-4-11(20)7-16(12)31-17)14(8-15(10)28(18)3)27-32(29,30)19(21,22)23/h4-8,27H,9H2,1-3H3. The van der Waals surface area contributed by atoms with Crippen LogP contribution >= 0.6 is 27.3 Å². The van der Waals surface area contributed by atoms with Crippen LogP contribution in [0.5, 0.6) is 0 Å². The Kier molecular flexibility index (Phi) is 5.49. The Morgan fingerprint density at radius 2 is 1.94 bits per heavy atom. The molecule has 2 heterocycles. The summed E-state index contributed by atoms with van der Waals surface area (Å²) in [7, 11) is -3.83. The number of sulfonamides is 1. The molecule has 3 aromatic rings. The minimum absolute atomic E-state index is 0.0249. The van der Waals surface area contributed by atoms with Crippen LogP contribution in [-0.4, -0.2) is 31.5 Å². The zero-order valence-electron chi connectivity index (χ0n) is 17.0. The number of azo groups is 1. The lowest BCUT2D eigenvalue weighted by atomic mass is 9.99. The van der Waals surface area contributed by atoms with E-state index in [0.29, 0.717) is 22.8 Å². The highest BCUT2D eigenvalue weighted by molar-refractivity contribution is 9.10. The van der Waals surface area contributed by atoms with Gasteiger partial charge in [-0.1, -0.05) is 27.3 Å². The molecule has 0 bridgehead atoms. The van der Waals surface area contributed by atoms with E-state index in [2.05, 4.69) is 31.1 Å². The van der Waals surface area contributed by atoms with Gasteiger partial charge in [-0.3, -0.25) is 4.72 Å². The van der Waals surface area contributed by atoms with Crippen LogP contribution in [0, 0.1) is 0 Å². The second-order valence-electron chi connectivity index (χ2n) is 7.91. The largest absolute Gasteiger partial charge is 0.516 e. The Balaban J connectivity index is 1.78. The summed E-state index contributed by atoms with van der Waals surface area (Å²) >= 11 is 4.63. The van der Waals surface area contributed by atoms with E-state index in [1.807, 2.05) is 30.9 Å². The number of fused-ring (bicyclic) bond motifs is 2. The minimum Gasteiger partial charge on any atom is -0.369 e. The van der Waals surface area contributed by atoms with Gasteiger partial charge in [0.25, 0.3) is 0 Å². The van der Waals surface area contributed by atoms with Crippen LogP contribution < -0.4 is 9.62 Å². The van der Waals surface area contributed by atoms with Crippen molar-refractivity contribution in [3.8, 4) is 0 Å². The van der Waals surface area contributed by atoms with E-state index < -0.39 is 15.5 Å². The first-order chi connectivity index (χ1) is 14.8. The summed E-state index contributed by atoms with van der Waals surface area (Å²) in [6, 6.07) is 8.40. The average Bonchev–Trinajstić information content (AvgIpc) is 3.16. The number of aromatic nitrogens is 1. The van der Waals surface area contributed by atoms with Crippen molar-refractivity contribution in [2.75, 3.05) is 16.7 Å². The first-order valence-corrected chi connectivity index (χ1v) is 12.3. The minimum atomic E-state index is -5.63. The molecular weight excluding hydrogens is 531 g/mol. The molecule has 0 aliphatic carbocycles. The van der Waals surface area contributed by atoms with Gasteiger partial charge in [0.05, 0.1) is 15.9 Å². The zero-order chi connectivity index (χ0) is 23.5. The fourth-order valence-corrected chi connectivity index (χ4v) is 5.29. The molecule has 0 unspecified atom stereocenters. The highest BCUT2D eigenvalue weighted by Gasteiger charge is 2.46. The summed E-state index contributed by atoms with van der Waals surface area (Å²) in [5.74, 6) is 0. The van der Waals surface area contributed by atoms with E-state index in [0.717, 1.165) is 14.7 Å². The van der Waals surface area contributed by atoms with Gasteiger partial charge < -0.3 is 4.90 Å². The third-order valence-electron chi connectivity index (χ3n) is 5.22. The smallest absolute Gasteiger partial charge is 0.369 e. The van der Waals surface area contributed by atoms with Crippen LogP contribution in [0.3, 0.4) is 0 Å². The first kappa shape index (κ1) is 22.9. The van der Waals surface area contributed by atoms with Gasteiger partial charge >= 0.3 is 15.5 Å². The summed E-state index contributed by atoms with van der Waals surface area (Å²) in [5, 5.41) is 8.42. The summed E-state index contributed by atoms with van der Waals surface area (Å²) < 4.78 is 65.9. The maximum Gasteiger partial charge on any atom is 0.516 e. The van der Waals surface area contributed by atoms with Gasteiger partial charge in [-0.2, -0.15) is 21.6 Å². The van der Waals surface area contributed by atoms with Crippen LogP contribution in [0.2, 0.25) is 0 Å². The van der Waals surface area contributed by atoms with Gasteiger partial charge in [-0.15, -0.1) is 10.2 Å². The first-order valence-electron chi connectivity index (χ1n) is 9.24. The number of rotatable bonds is 4. The van der Waals surface area contributed by atoms with Crippen molar-refractivity contribution in [1.82, 2.24) is 4.98 Å². The van der Waals surface area contributed by atoms with Crippen molar-refractivity contribution in [3.05, 3.63) is 40.4 Å². The lowest BCUT2D eigenvalue weighted by Gasteiger charge is -2.30. The van der Waals surface area contributed by atoms with Gasteiger partial charge in [0, 0.05) is 22.7 Å². The highest BCUT2D eigenvalue weighted by Crippen LogP contribution is 2.44. The van der Waals surface area contributed by atoms with Crippen molar-refractivity contribution in [3.63, 3.8) is 0 Å². The molecular formula is C19H17BrF3N5O2S2. The molecule has 13 heteroatoms. The van der Waals surface area contributed by atoms with Crippen molar-refractivity contribution < 1.29 is 21.6 Å². The van der Waals surface area contributed by atoms with E-state index in [4.69, 9.17) is 0 Å². The number of nitrogens with one attached hydrogen (secondary N) is 1. The Morgan fingerprint density at radius 3 is 2.62 bits per heavy atom. The second kappa shape index (κ2) is 7.66. The Labute approximate surface area is 194 Å². The molecule has 2 aromatic carbocycles. The molecule has 0 radical (unpaired) electrons. The summed E-state index contributed by atoms with van der Waals surface area (Å²) in [4.78, 5) is 6.22. The van der Waals surface area contributed by atoms with Crippen molar-refractivity contribution >= 4 is 69.7 Å². The molecule has 0 saturated heterocycles. The van der Waals surface area contributed by atoms with Crippen LogP contribution in [0.15, 0.2) is 45.0 Å². The lowest BCUT2D eigenvalue weighted by molar-refractivity contribution is -0.0429. The molecule has 4 rings (SSSR count). The van der Waals surface area contributed by atoms with Gasteiger partial charge in [-0.25, -0.2) is 4.98 Å². The van der Waals surface area contributed by atoms with Crippen LogP contribution in [0.4, 0.5) is 35.4 Å². The average molecular weight is 548 g/mol. The molecule has 170 valence electrons. The Bertz CT molecular complexity index is 1350. The number of thiazole rings is 1. The maximum atomic E-state index is 13.0. The van der Waals surface area contributed by atoms with Gasteiger partial charge in [0.1, 0.15) is 5.69 Å². The summed E-state index contributed by atoms with van der Waals surface area (Å²) in [6.07, 6.45) is 0.614. The molecule has 1 aliphatic rings. The van der Waals surface area contributed by atoms with Gasteiger partial charge in [0.2, 0.25) is 5.13 Å². The fourth-order valence-electron chi connectivity index (χ4n) is 3.38. The second-order valence-corrected chi connectivity index (χ2v) is 11.5. The number of benzene rings is 2. The van der Waals surface area contributed by atoms with Crippen LogP contribution in [0.1, 0.15) is 19.4 Å². The predicted octanol–water partition coefficient (Wildman–Crippen LogP) is 6.51. The summed E-state index contributed by atoms with van der Waals surface area (Å²) in [5.41, 5.74) is -3.94. The molecule has 32 heavy (non-hydrogen) atoms. The number of halogens is 4. The predicted molar refractivity (Wildman–Crippen MR) is 123 cm³/mol. The maximum absolute atomic E-state index is 13.0. The fraction of sp³-hybridized carbons (Fsp3) is 0.316. The van der Waals surface area contributed by atoms with E-state index in [1.165, 1.54) is 17.4 Å². The van der Waals surface area contributed by atoms with Crippen molar-refractivity contribution in [1.29, 1.82) is 0 Å². The lowest BCUT2D eigenvalue weighted by Crippen LogP contribution is -2.37.